The quantitative estimate of drug-likeness (QED) is 0.350. The molecule has 0 aliphatic carbocycles. The fourth-order valence-corrected chi connectivity index (χ4v) is 2.38. The highest BCUT2D eigenvalue weighted by molar-refractivity contribution is 5.85. The van der Waals surface area contributed by atoms with Crippen molar-refractivity contribution in [2.75, 3.05) is 13.1 Å². The van der Waals surface area contributed by atoms with E-state index in [0.29, 0.717) is 5.56 Å². The van der Waals surface area contributed by atoms with E-state index in [0.717, 1.165) is 25.9 Å². The summed E-state index contributed by atoms with van der Waals surface area (Å²) in [6, 6.07) is 5.34. The zero-order valence-electron chi connectivity index (χ0n) is 13.3. The molecule has 0 radical (unpaired) electrons. The molecule has 24 heavy (non-hydrogen) atoms. The topological polar surface area (TPSA) is 84.7 Å². The van der Waals surface area contributed by atoms with Gasteiger partial charge in [-0.05, 0) is 30.5 Å². The third kappa shape index (κ3) is 5.92. The van der Waals surface area contributed by atoms with Crippen molar-refractivity contribution in [1.82, 2.24) is 10.4 Å². The van der Waals surface area contributed by atoms with Gasteiger partial charge in [-0.3, -0.25) is 10.1 Å². The van der Waals surface area contributed by atoms with Gasteiger partial charge in [0.1, 0.15) is 12.6 Å². The van der Waals surface area contributed by atoms with Crippen molar-refractivity contribution in [3.63, 3.8) is 0 Å². The summed E-state index contributed by atoms with van der Waals surface area (Å²) in [7, 11) is 0. The second-order valence-corrected chi connectivity index (χ2v) is 5.42. The highest BCUT2D eigenvalue weighted by atomic mass is 35.5. The van der Waals surface area contributed by atoms with Crippen molar-refractivity contribution < 1.29 is 14.5 Å². The predicted octanol–water partition coefficient (Wildman–Crippen LogP) is 2.60. The first-order valence-corrected chi connectivity index (χ1v) is 7.64. The largest absolute Gasteiger partial charge is 0.459 e. The van der Waals surface area contributed by atoms with Crippen LogP contribution in [0, 0.1) is 10.1 Å². The number of ether oxygens (including phenoxy) is 1. The van der Waals surface area contributed by atoms with E-state index in [-0.39, 0.29) is 24.7 Å². The van der Waals surface area contributed by atoms with Crippen molar-refractivity contribution in [2.24, 2.45) is 0 Å². The van der Waals surface area contributed by atoms with Gasteiger partial charge in [0.15, 0.2) is 0 Å². The highest BCUT2D eigenvalue weighted by Crippen LogP contribution is 2.13. The van der Waals surface area contributed by atoms with Crippen LogP contribution in [-0.4, -0.2) is 35.0 Å². The molecule has 0 spiro atoms. The number of nitro benzene ring substituents is 1. The third-order valence-corrected chi connectivity index (χ3v) is 3.70. The van der Waals surface area contributed by atoms with E-state index in [9.17, 15) is 14.9 Å². The fourth-order valence-electron chi connectivity index (χ4n) is 2.38. The summed E-state index contributed by atoms with van der Waals surface area (Å²) in [5, 5.41) is 12.6. The molecule has 1 N–H and O–H groups in total. The molecule has 7 nitrogen and oxygen atoms in total. The van der Waals surface area contributed by atoms with Crippen molar-refractivity contribution >= 4 is 24.1 Å². The maximum absolute atomic E-state index is 12.1. The van der Waals surface area contributed by atoms with Crippen LogP contribution in [0.2, 0.25) is 0 Å². The van der Waals surface area contributed by atoms with Crippen LogP contribution in [-0.2, 0) is 16.1 Å². The number of non-ortho nitro benzene ring substituents is 1. The smallest absolute Gasteiger partial charge is 0.328 e. The minimum Gasteiger partial charge on any atom is -0.459 e. The second-order valence-electron chi connectivity index (χ2n) is 5.42. The molecule has 1 fully saturated rings. The average Bonchev–Trinajstić information content (AvgIpc) is 2.58. The van der Waals surface area contributed by atoms with Crippen LogP contribution in [0.3, 0.4) is 0 Å². The molecule has 1 aromatic carbocycles. The lowest BCUT2D eigenvalue weighted by atomic mass is 10.2. The Bertz CT molecular complexity index is 559. The molecule has 0 aromatic heterocycles. The molecule has 1 unspecified atom stereocenters. The number of benzene rings is 1. The summed E-state index contributed by atoms with van der Waals surface area (Å²) in [6.45, 7) is 5.55. The lowest BCUT2D eigenvalue weighted by Crippen LogP contribution is -2.49. The van der Waals surface area contributed by atoms with E-state index < -0.39 is 16.9 Å². The molecule has 1 aliphatic heterocycles. The van der Waals surface area contributed by atoms with Crippen molar-refractivity contribution in [3.8, 4) is 0 Å². The van der Waals surface area contributed by atoms with E-state index in [1.54, 1.807) is 12.1 Å². The van der Waals surface area contributed by atoms with Gasteiger partial charge >= 0.3 is 5.97 Å². The molecule has 1 aromatic rings. The van der Waals surface area contributed by atoms with E-state index >= 15 is 0 Å². The van der Waals surface area contributed by atoms with Crippen LogP contribution in [0.4, 0.5) is 5.69 Å². The van der Waals surface area contributed by atoms with Gasteiger partial charge in [-0.2, -0.15) is 0 Å². The fraction of sp³-hybridized carbons (Fsp3) is 0.438. The molecule has 0 saturated carbocycles. The van der Waals surface area contributed by atoms with E-state index in [1.807, 2.05) is 5.01 Å². The van der Waals surface area contributed by atoms with Crippen LogP contribution in [0.5, 0.6) is 0 Å². The van der Waals surface area contributed by atoms with E-state index in [4.69, 9.17) is 4.74 Å². The zero-order chi connectivity index (χ0) is 16.7. The number of piperidine rings is 1. The number of hydrazine groups is 1. The van der Waals surface area contributed by atoms with Crippen LogP contribution >= 0.6 is 12.4 Å². The number of hydrogen-bond acceptors (Lipinski definition) is 6. The average molecular weight is 356 g/mol. The zero-order valence-corrected chi connectivity index (χ0v) is 14.2. The highest BCUT2D eigenvalue weighted by Gasteiger charge is 2.20. The number of esters is 1. The van der Waals surface area contributed by atoms with Gasteiger partial charge in [0.2, 0.25) is 0 Å². The Morgan fingerprint density at radius 3 is 2.50 bits per heavy atom. The molecule has 1 saturated heterocycles. The Balaban J connectivity index is 0.00000288. The Kier molecular flexibility index (Phi) is 8.39. The molecule has 0 amide bonds. The number of nitrogens with one attached hydrogen (secondary N) is 1. The van der Waals surface area contributed by atoms with Crippen molar-refractivity contribution in [1.29, 1.82) is 0 Å². The van der Waals surface area contributed by atoms with E-state index in [2.05, 4.69) is 12.0 Å². The van der Waals surface area contributed by atoms with Gasteiger partial charge in [-0.1, -0.05) is 12.5 Å². The molecule has 0 bridgehead atoms. The number of nitro groups is 1. The Hall–Kier alpha value is -1.96. The molecular weight excluding hydrogens is 334 g/mol. The number of rotatable bonds is 7. The summed E-state index contributed by atoms with van der Waals surface area (Å²) in [6.07, 6.45) is 4.94. The van der Waals surface area contributed by atoms with Gasteiger partial charge in [0.05, 0.1) is 4.92 Å². The summed E-state index contributed by atoms with van der Waals surface area (Å²) in [5.41, 5.74) is 3.83. The van der Waals surface area contributed by atoms with Gasteiger partial charge in [-0.15, -0.1) is 19.0 Å². The standard InChI is InChI=1S/C16H21N3O4.ClH/c1-2-15(17-18-10-4-3-5-11-18)16(20)23-12-13-6-8-14(9-7-13)19(21)22;/h2,6-9,15,17H,1,3-5,10-12H2;1H. The van der Waals surface area contributed by atoms with Crippen LogP contribution in [0.15, 0.2) is 36.9 Å². The number of nitrogens with zero attached hydrogens (tertiary/aromatic N) is 2. The maximum atomic E-state index is 12.1. The van der Waals surface area contributed by atoms with Gasteiger partial charge in [-0.25, -0.2) is 15.2 Å². The molecule has 1 heterocycles. The molecule has 8 heteroatoms. The van der Waals surface area contributed by atoms with Gasteiger partial charge < -0.3 is 4.74 Å². The minimum absolute atomic E-state index is 0. The lowest BCUT2D eigenvalue weighted by molar-refractivity contribution is -0.384. The summed E-state index contributed by atoms with van der Waals surface area (Å²) >= 11 is 0. The second kappa shape index (κ2) is 10.0. The number of carbonyl (C=O) groups is 1. The third-order valence-electron chi connectivity index (χ3n) is 3.70. The lowest BCUT2D eigenvalue weighted by Gasteiger charge is -2.29. The number of halogens is 1. The SMILES string of the molecule is C=CC(NN1CCCCC1)C(=O)OCc1ccc([N+](=O)[O-])cc1.Cl. The molecule has 1 aliphatic rings. The minimum atomic E-state index is -0.592. The maximum Gasteiger partial charge on any atom is 0.328 e. The monoisotopic (exact) mass is 355 g/mol. The summed E-state index contributed by atoms with van der Waals surface area (Å²) in [4.78, 5) is 22.2. The van der Waals surface area contributed by atoms with Gasteiger partial charge in [0, 0.05) is 25.2 Å². The first-order chi connectivity index (χ1) is 11.1. The van der Waals surface area contributed by atoms with Crippen LogP contribution in [0.25, 0.3) is 0 Å². The summed E-state index contributed by atoms with van der Waals surface area (Å²) < 4.78 is 5.25. The first-order valence-electron chi connectivity index (χ1n) is 7.64. The molecule has 2 rings (SSSR count). The Morgan fingerprint density at radius 2 is 1.96 bits per heavy atom. The van der Waals surface area contributed by atoms with Crippen molar-refractivity contribution in [3.05, 3.63) is 52.6 Å². The van der Waals surface area contributed by atoms with Gasteiger partial charge in [0.25, 0.3) is 5.69 Å². The Morgan fingerprint density at radius 1 is 1.33 bits per heavy atom. The molecular formula is C16H22ClN3O4. The number of hydrogen-bond donors (Lipinski definition) is 1. The predicted molar refractivity (Wildman–Crippen MR) is 92.7 cm³/mol. The normalized spacial score (nSPS) is 15.8. The molecule has 132 valence electrons. The first kappa shape index (κ1) is 20.1. The van der Waals surface area contributed by atoms with E-state index in [1.165, 1.54) is 24.6 Å². The van der Waals surface area contributed by atoms with Crippen molar-refractivity contribution in [2.45, 2.75) is 31.9 Å². The van der Waals surface area contributed by atoms with Crippen LogP contribution < -0.4 is 5.43 Å². The van der Waals surface area contributed by atoms with Crippen LogP contribution in [0.1, 0.15) is 24.8 Å². The summed E-state index contributed by atoms with van der Waals surface area (Å²) in [5.74, 6) is -0.413. The Labute approximate surface area is 147 Å². The number of carbonyl (C=O) groups excluding carboxylic acids is 1. The molecule has 1 atom stereocenters.